The molecule has 0 bridgehead atoms. The second kappa shape index (κ2) is 8.39. The Bertz CT molecular complexity index is 869. The SMILES string of the molecule is CC(=O)C1=NN=C(Cc2ccccc2)C1=O.CC(=O)c1cnc(Br)[nH]1. The number of benzene rings is 1. The summed E-state index contributed by atoms with van der Waals surface area (Å²) in [4.78, 5) is 39.8. The number of halogens is 1. The van der Waals surface area contributed by atoms with E-state index in [0.29, 0.717) is 22.6 Å². The summed E-state index contributed by atoms with van der Waals surface area (Å²) in [7, 11) is 0. The van der Waals surface area contributed by atoms with E-state index in [0.717, 1.165) is 5.56 Å². The third-order valence-electron chi connectivity index (χ3n) is 3.22. The molecule has 1 aliphatic rings. The molecule has 128 valence electrons. The smallest absolute Gasteiger partial charge is 0.233 e. The van der Waals surface area contributed by atoms with Crippen molar-refractivity contribution in [3.63, 3.8) is 0 Å². The average molecular weight is 403 g/mol. The van der Waals surface area contributed by atoms with Crippen molar-refractivity contribution < 1.29 is 14.4 Å². The van der Waals surface area contributed by atoms with Crippen LogP contribution in [0.1, 0.15) is 29.9 Å². The van der Waals surface area contributed by atoms with Gasteiger partial charge in [-0.3, -0.25) is 14.4 Å². The van der Waals surface area contributed by atoms with Crippen LogP contribution in [0.2, 0.25) is 0 Å². The van der Waals surface area contributed by atoms with Crippen molar-refractivity contribution in [2.24, 2.45) is 10.2 Å². The summed E-state index contributed by atoms with van der Waals surface area (Å²) in [5.41, 5.74) is 1.78. The molecule has 0 amide bonds. The average Bonchev–Trinajstić information content (AvgIpc) is 3.16. The summed E-state index contributed by atoms with van der Waals surface area (Å²) in [6.45, 7) is 2.80. The molecule has 0 unspecified atom stereocenters. The number of H-pyrrole nitrogens is 1. The van der Waals surface area contributed by atoms with Crippen LogP contribution in [0.5, 0.6) is 0 Å². The van der Waals surface area contributed by atoms with Gasteiger partial charge in [0.2, 0.25) is 5.78 Å². The van der Waals surface area contributed by atoms with Crippen LogP contribution in [0.3, 0.4) is 0 Å². The van der Waals surface area contributed by atoms with Gasteiger partial charge in [-0.1, -0.05) is 30.3 Å². The number of nitrogens with zero attached hydrogens (tertiary/aromatic N) is 3. The molecule has 3 rings (SSSR count). The lowest BCUT2D eigenvalue weighted by Gasteiger charge is -1.98. The van der Waals surface area contributed by atoms with Crippen LogP contribution in [-0.4, -0.2) is 38.7 Å². The van der Waals surface area contributed by atoms with Gasteiger partial charge in [0, 0.05) is 20.3 Å². The molecule has 0 saturated carbocycles. The van der Waals surface area contributed by atoms with Crippen LogP contribution in [0.25, 0.3) is 0 Å². The molecule has 0 aliphatic carbocycles. The number of Topliss-reactive ketones (excluding diaryl/α,β-unsaturated/α-hetero) is 3. The maximum Gasteiger partial charge on any atom is 0.233 e. The van der Waals surface area contributed by atoms with Crippen molar-refractivity contribution in [3.8, 4) is 0 Å². The third kappa shape index (κ3) is 5.12. The van der Waals surface area contributed by atoms with Crippen LogP contribution in [0, 0.1) is 0 Å². The first kappa shape index (κ1) is 18.6. The summed E-state index contributed by atoms with van der Waals surface area (Å²) >= 11 is 3.08. The van der Waals surface area contributed by atoms with Crippen molar-refractivity contribution in [1.29, 1.82) is 0 Å². The molecule has 0 fully saturated rings. The molecule has 1 aromatic carbocycles. The summed E-state index contributed by atoms with van der Waals surface area (Å²) in [5.74, 6) is -0.693. The van der Waals surface area contributed by atoms with E-state index in [2.05, 4.69) is 36.1 Å². The van der Waals surface area contributed by atoms with Crippen LogP contribution < -0.4 is 0 Å². The molecule has 0 saturated heterocycles. The predicted octanol–water partition coefficient (Wildman–Crippen LogP) is 2.57. The van der Waals surface area contributed by atoms with Crippen LogP contribution in [0.15, 0.2) is 51.5 Å². The Morgan fingerprint density at radius 3 is 2.20 bits per heavy atom. The number of hydrogen-bond acceptors (Lipinski definition) is 6. The van der Waals surface area contributed by atoms with Gasteiger partial charge < -0.3 is 4.98 Å². The number of carbonyl (C=O) groups is 3. The first-order chi connectivity index (χ1) is 11.9. The van der Waals surface area contributed by atoms with Crippen molar-refractivity contribution in [2.45, 2.75) is 20.3 Å². The highest BCUT2D eigenvalue weighted by Crippen LogP contribution is 2.07. The topological polar surface area (TPSA) is 105 Å². The van der Waals surface area contributed by atoms with E-state index in [1.165, 1.54) is 20.0 Å². The lowest BCUT2D eigenvalue weighted by atomic mass is 10.0. The van der Waals surface area contributed by atoms with E-state index >= 15 is 0 Å². The Morgan fingerprint density at radius 1 is 1.08 bits per heavy atom. The van der Waals surface area contributed by atoms with E-state index in [1.54, 1.807) is 0 Å². The lowest BCUT2D eigenvalue weighted by Crippen LogP contribution is -2.26. The monoisotopic (exact) mass is 402 g/mol. The van der Waals surface area contributed by atoms with Gasteiger partial charge in [0.1, 0.15) is 11.4 Å². The molecule has 7 nitrogen and oxygen atoms in total. The van der Waals surface area contributed by atoms with Gasteiger partial charge >= 0.3 is 0 Å². The van der Waals surface area contributed by atoms with Crippen molar-refractivity contribution in [1.82, 2.24) is 9.97 Å². The minimum Gasteiger partial charge on any atom is -0.330 e. The second-order valence-corrected chi connectivity index (χ2v) is 5.94. The Kier molecular flexibility index (Phi) is 6.24. The molecular formula is C17H15BrN4O3. The van der Waals surface area contributed by atoms with Gasteiger partial charge in [-0.15, -0.1) is 5.10 Å². The Hall–Kier alpha value is -2.74. The summed E-state index contributed by atoms with van der Waals surface area (Å²) in [6.07, 6.45) is 1.91. The van der Waals surface area contributed by atoms with E-state index in [4.69, 9.17) is 0 Å². The number of rotatable bonds is 4. The van der Waals surface area contributed by atoms with Crippen molar-refractivity contribution >= 4 is 44.7 Å². The van der Waals surface area contributed by atoms with Gasteiger partial charge in [-0.05, 0) is 21.5 Å². The van der Waals surface area contributed by atoms with Crippen LogP contribution >= 0.6 is 15.9 Å². The molecule has 25 heavy (non-hydrogen) atoms. The Morgan fingerprint density at radius 2 is 1.76 bits per heavy atom. The molecule has 0 atom stereocenters. The zero-order valence-electron chi connectivity index (χ0n) is 13.6. The molecule has 1 aromatic heterocycles. The number of aromatic nitrogens is 2. The highest BCUT2D eigenvalue weighted by atomic mass is 79.9. The normalized spacial score (nSPS) is 12.8. The second-order valence-electron chi connectivity index (χ2n) is 5.19. The summed E-state index contributed by atoms with van der Waals surface area (Å²) in [6, 6.07) is 9.49. The minimum atomic E-state index is -0.351. The maximum absolute atomic E-state index is 11.7. The number of imidazole rings is 1. The largest absolute Gasteiger partial charge is 0.330 e. The van der Waals surface area contributed by atoms with Gasteiger partial charge in [-0.2, -0.15) is 5.10 Å². The Balaban J connectivity index is 0.000000212. The van der Waals surface area contributed by atoms with Gasteiger partial charge in [0.25, 0.3) is 0 Å². The first-order valence-corrected chi connectivity index (χ1v) is 8.13. The number of ketones is 3. The van der Waals surface area contributed by atoms with Gasteiger partial charge in [-0.25, -0.2) is 4.98 Å². The molecule has 2 aromatic rings. The van der Waals surface area contributed by atoms with Gasteiger partial charge in [0.05, 0.1) is 6.20 Å². The lowest BCUT2D eigenvalue weighted by molar-refractivity contribution is -0.113. The van der Waals surface area contributed by atoms with E-state index in [1.807, 2.05) is 30.3 Å². The highest BCUT2D eigenvalue weighted by molar-refractivity contribution is 9.10. The van der Waals surface area contributed by atoms with Crippen molar-refractivity contribution in [2.75, 3.05) is 0 Å². The number of carbonyl (C=O) groups excluding carboxylic acids is 3. The third-order valence-corrected chi connectivity index (χ3v) is 3.62. The quantitative estimate of drug-likeness (QED) is 0.793. The fourth-order valence-electron chi connectivity index (χ4n) is 1.95. The summed E-state index contributed by atoms with van der Waals surface area (Å²) in [5, 5.41) is 7.35. The van der Waals surface area contributed by atoms with Gasteiger partial charge in [0.15, 0.2) is 22.0 Å². The highest BCUT2D eigenvalue weighted by Gasteiger charge is 2.27. The standard InChI is InChI=1S/C12H10N2O2.C5H5BrN2O/c1-8(15)11-12(16)10(13-14-11)7-9-5-3-2-4-6-9;1-3(9)4-2-7-5(6)8-4/h2-6H,7H2,1H3;2H,1H3,(H,7,8). The molecule has 0 spiro atoms. The molecule has 1 aliphatic heterocycles. The zero-order valence-corrected chi connectivity index (χ0v) is 15.2. The molecule has 1 N–H and O–H groups in total. The fraction of sp³-hybridized carbons (Fsp3) is 0.176. The number of aromatic amines is 1. The Labute approximate surface area is 152 Å². The molecule has 8 heteroatoms. The molecular weight excluding hydrogens is 388 g/mol. The van der Waals surface area contributed by atoms with E-state index < -0.39 is 0 Å². The predicted molar refractivity (Wildman–Crippen MR) is 97.0 cm³/mol. The number of nitrogens with one attached hydrogen (secondary N) is 1. The zero-order chi connectivity index (χ0) is 18.4. The van der Waals surface area contributed by atoms with E-state index in [-0.39, 0.29) is 23.1 Å². The summed E-state index contributed by atoms with van der Waals surface area (Å²) < 4.78 is 0.590. The van der Waals surface area contributed by atoms with Crippen LogP contribution in [0.4, 0.5) is 0 Å². The minimum absolute atomic E-state index is 0.00630. The molecule has 2 heterocycles. The van der Waals surface area contributed by atoms with Crippen LogP contribution in [-0.2, 0) is 16.0 Å². The first-order valence-electron chi connectivity index (χ1n) is 7.34. The fourth-order valence-corrected chi connectivity index (χ4v) is 2.26. The van der Waals surface area contributed by atoms with E-state index in [9.17, 15) is 14.4 Å². The van der Waals surface area contributed by atoms with Crippen molar-refractivity contribution in [3.05, 3.63) is 52.5 Å². The molecule has 0 radical (unpaired) electrons. The maximum atomic E-state index is 11.7. The number of hydrogen-bond donors (Lipinski definition) is 1.